The molecule has 1 saturated carbocycles. The SMILES string of the molecule is COC1CCC(CNC(=O)CNC(=O)[C@@H](N)C(C)C)CC1. The second-order valence-corrected chi connectivity index (χ2v) is 6.17. The van der Waals surface area contributed by atoms with Crippen molar-refractivity contribution < 1.29 is 14.3 Å². The quantitative estimate of drug-likeness (QED) is 0.634. The minimum Gasteiger partial charge on any atom is -0.381 e. The molecular weight excluding hydrogens is 270 g/mol. The first-order valence-corrected chi connectivity index (χ1v) is 7.76. The molecule has 0 spiro atoms. The number of methoxy groups -OCH3 is 1. The van der Waals surface area contributed by atoms with Gasteiger partial charge in [-0.15, -0.1) is 0 Å². The summed E-state index contributed by atoms with van der Waals surface area (Å²) in [7, 11) is 1.75. The molecule has 1 rings (SSSR count). The number of carbonyl (C=O) groups is 2. The predicted molar refractivity (Wildman–Crippen MR) is 81.6 cm³/mol. The Morgan fingerprint density at radius 1 is 1.19 bits per heavy atom. The fourth-order valence-electron chi connectivity index (χ4n) is 2.48. The highest BCUT2D eigenvalue weighted by atomic mass is 16.5. The van der Waals surface area contributed by atoms with Crippen LogP contribution in [0.5, 0.6) is 0 Å². The summed E-state index contributed by atoms with van der Waals surface area (Å²) in [6.07, 6.45) is 4.62. The highest BCUT2D eigenvalue weighted by Crippen LogP contribution is 2.25. The van der Waals surface area contributed by atoms with Crippen molar-refractivity contribution >= 4 is 11.8 Å². The highest BCUT2D eigenvalue weighted by Gasteiger charge is 2.21. The van der Waals surface area contributed by atoms with E-state index >= 15 is 0 Å². The molecule has 6 heteroatoms. The van der Waals surface area contributed by atoms with Crippen LogP contribution in [0.3, 0.4) is 0 Å². The van der Waals surface area contributed by atoms with Crippen molar-refractivity contribution in [3.8, 4) is 0 Å². The number of carbonyl (C=O) groups excluding carboxylic acids is 2. The Hall–Kier alpha value is -1.14. The maximum absolute atomic E-state index is 11.7. The van der Waals surface area contributed by atoms with Crippen LogP contribution in [0.15, 0.2) is 0 Å². The summed E-state index contributed by atoms with van der Waals surface area (Å²) in [5, 5.41) is 5.44. The van der Waals surface area contributed by atoms with Crippen LogP contribution in [-0.4, -0.2) is 44.2 Å². The first kappa shape index (κ1) is 17.9. The topological polar surface area (TPSA) is 93.5 Å². The lowest BCUT2D eigenvalue weighted by Gasteiger charge is -2.27. The summed E-state index contributed by atoms with van der Waals surface area (Å²) in [6.45, 7) is 4.41. The number of nitrogens with one attached hydrogen (secondary N) is 2. The van der Waals surface area contributed by atoms with Crippen LogP contribution in [-0.2, 0) is 14.3 Å². The summed E-state index contributed by atoms with van der Waals surface area (Å²) in [4.78, 5) is 23.3. The van der Waals surface area contributed by atoms with Gasteiger partial charge in [-0.1, -0.05) is 13.8 Å². The largest absolute Gasteiger partial charge is 0.381 e. The van der Waals surface area contributed by atoms with Crippen LogP contribution in [0.2, 0.25) is 0 Å². The van der Waals surface area contributed by atoms with E-state index in [9.17, 15) is 9.59 Å². The zero-order valence-corrected chi connectivity index (χ0v) is 13.4. The number of rotatable bonds is 7. The third-order valence-electron chi connectivity index (χ3n) is 4.16. The maximum atomic E-state index is 11.7. The molecule has 0 saturated heterocycles. The van der Waals surface area contributed by atoms with Crippen molar-refractivity contribution in [3.05, 3.63) is 0 Å². The Bertz CT molecular complexity index is 339. The van der Waals surface area contributed by atoms with E-state index < -0.39 is 6.04 Å². The lowest BCUT2D eigenvalue weighted by molar-refractivity contribution is -0.127. The van der Waals surface area contributed by atoms with Crippen LogP contribution in [0.1, 0.15) is 39.5 Å². The summed E-state index contributed by atoms with van der Waals surface area (Å²) in [5.41, 5.74) is 5.71. The van der Waals surface area contributed by atoms with Gasteiger partial charge in [0.1, 0.15) is 0 Å². The standard InChI is InChI=1S/C15H29N3O3/c1-10(2)14(16)15(20)18-9-13(19)17-8-11-4-6-12(21-3)7-5-11/h10-12,14H,4-9,16H2,1-3H3,(H,17,19)(H,18,20)/t11?,12?,14-/m0/s1. The van der Waals surface area contributed by atoms with E-state index in [1.807, 2.05) is 13.8 Å². The first-order chi connectivity index (χ1) is 9.93. The van der Waals surface area contributed by atoms with E-state index in [0.29, 0.717) is 18.6 Å². The molecule has 2 amide bonds. The lowest BCUT2D eigenvalue weighted by Crippen LogP contribution is -2.47. The Morgan fingerprint density at radius 2 is 1.81 bits per heavy atom. The van der Waals surface area contributed by atoms with E-state index in [1.165, 1.54) is 0 Å². The molecule has 1 aliphatic carbocycles. The molecule has 0 aliphatic heterocycles. The predicted octanol–water partition coefficient (Wildman–Crippen LogP) is 0.407. The molecule has 0 radical (unpaired) electrons. The van der Waals surface area contributed by atoms with Gasteiger partial charge in [0.2, 0.25) is 11.8 Å². The summed E-state index contributed by atoms with van der Waals surface area (Å²) >= 11 is 0. The van der Waals surface area contributed by atoms with Crippen LogP contribution < -0.4 is 16.4 Å². The van der Waals surface area contributed by atoms with E-state index in [0.717, 1.165) is 25.7 Å². The molecule has 0 aromatic rings. The van der Waals surface area contributed by atoms with E-state index in [2.05, 4.69) is 10.6 Å². The fraction of sp³-hybridized carbons (Fsp3) is 0.867. The molecule has 1 atom stereocenters. The smallest absolute Gasteiger partial charge is 0.239 e. The molecule has 0 aromatic carbocycles. The fourth-order valence-corrected chi connectivity index (χ4v) is 2.48. The molecule has 4 N–H and O–H groups in total. The van der Waals surface area contributed by atoms with Crippen molar-refractivity contribution in [2.45, 2.75) is 51.7 Å². The van der Waals surface area contributed by atoms with Crippen LogP contribution in [0.25, 0.3) is 0 Å². The van der Waals surface area contributed by atoms with Gasteiger partial charge < -0.3 is 21.1 Å². The molecule has 122 valence electrons. The molecule has 0 bridgehead atoms. The van der Waals surface area contributed by atoms with Crippen molar-refractivity contribution in [1.82, 2.24) is 10.6 Å². The molecule has 1 aliphatic rings. The molecule has 21 heavy (non-hydrogen) atoms. The normalized spacial score (nSPS) is 23.7. The monoisotopic (exact) mass is 299 g/mol. The number of hydrogen-bond acceptors (Lipinski definition) is 4. The Kier molecular flexibility index (Phi) is 7.67. The zero-order chi connectivity index (χ0) is 15.8. The molecule has 0 unspecified atom stereocenters. The van der Waals surface area contributed by atoms with Gasteiger partial charge in [0.25, 0.3) is 0 Å². The van der Waals surface area contributed by atoms with Crippen molar-refractivity contribution in [2.24, 2.45) is 17.6 Å². The summed E-state index contributed by atoms with van der Waals surface area (Å²) in [5.74, 6) is 0.131. The van der Waals surface area contributed by atoms with Gasteiger partial charge in [0, 0.05) is 13.7 Å². The number of amides is 2. The van der Waals surface area contributed by atoms with Gasteiger partial charge in [0.05, 0.1) is 18.7 Å². The van der Waals surface area contributed by atoms with Crippen molar-refractivity contribution in [3.63, 3.8) is 0 Å². The van der Waals surface area contributed by atoms with Crippen LogP contribution >= 0.6 is 0 Å². The zero-order valence-electron chi connectivity index (χ0n) is 13.4. The first-order valence-electron chi connectivity index (χ1n) is 7.76. The molecule has 0 aromatic heterocycles. The molecule has 0 heterocycles. The van der Waals surface area contributed by atoms with E-state index in [1.54, 1.807) is 7.11 Å². The number of hydrogen-bond donors (Lipinski definition) is 3. The van der Waals surface area contributed by atoms with Gasteiger partial charge in [-0.05, 0) is 37.5 Å². The summed E-state index contributed by atoms with van der Waals surface area (Å²) in [6, 6.07) is -0.567. The van der Waals surface area contributed by atoms with Gasteiger partial charge in [-0.25, -0.2) is 0 Å². The average molecular weight is 299 g/mol. The maximum Gasteiger partial charge on any atom is 0.239 e. The Balaban J connectivity index is 2.16. The molecular formula is C15H29N3O3. The van der Waals surface area contributed by atoms with Gasteiger partial charge in [-0.3, -0.25) is 9.59 Å². The second-order valence-electron chi connectivity index (χ2n) is 6.17. The van der Waals surface area contributed by atoms with Crippen molar-refractivity contribution in [2.75, 3.05) is 20.2 Å². The van der Waals surface area contributed by atoms with Gasteiger partial charge in [0.15, 0.2) is 0 Å². The minimum atomic E-state index is -0.567. The van der Waals surface area contributed by atoms with Crippen LogP contribution in [0, 0.1) is 11.8 Å². The highest BCUT2D eigenvalue weighted by molar-refractivity contribution is 5.87. The Morgan fingerprint density at radius 3 is 2.33 bits per heavy atom. The van der Waals surface area contributed by atoms with Crippen LogP contribution in [0.4, 0.5) is 0 Å². The van der Waals surface area contributed by atoms with Gasteiger partial charge in [-0.2, -0.15) is 0 Å². The second kappa shape index (κ2) is 9.00. The third kappa shape index (κ3) is 6.44. The summed E-state index contributed by atoms with van der Waals surface area (Å²) < 4.78 is 5.32. The lowest BCUT2D eigenvalue weighted by atomic mass is 9.87. The van der Waals surface area contributed by atoms with Crippen molar-refractivity contribution in [1.29, 1.82) is 0 Å². The van der Waals surface area contributed by atoms with Gasteiger partial charge >= 0.3 is 0 Å². The minimum absolute atomic E-state index is 0.00727. The molecule has 6 nitrogen and oxygen atoms in total. The van der Waals surface area contributed by atoms with E-state index in [-0.39, 0.29) is 24.3 Å². The van der Waals surface area contributed by atoms with E-state index in [4.69, 9.17) is 10.5 Å². The third-order valence-corrected chi connectivity index (χ3v) is 4.16. The Labute approximate surface area is 127 Å². The average Bonchev–Trinajstić information content (AvgIpc) is 2.50. The molecule has 1 fully saturated rings. The number of ether oxygens (including phenoxy) is 1. The number of nitrogens with two attached hydrogens (primary N) is 1.